The van der Waals surface area contributed by atoms with E-state index in [1.165, 1.54) is 4.88 Å². The van der Waals surface area contributed by atoms with Crippen LogP contribution in [-0.4, -0.2) is 26.5 Å². The molecule has 0 saturated heterocycles. The molecule has 0 N–H and O–H groups in total. The Labute approximate surface area is 93.2 Å². The standard InChI is InChI=1S/C10H14N4S/c1-13(6-9-5-11-8-15-9)7-10-12-3-4-14(10)2/h3-5,8H,6-7H2,1-2H3. The van der Waals surface area contributed by atoms with Crippen LogP contribution in [0.3, 0.4) is 0 Å². The Morgan fingerprint density at radius 1 is 1.47 bits per heavy atom. The molecule has 15 heavy (non-hydrogen) atoms. The first-order chi connectivity index (χ1) is 7.25. The molecule has 0 amide bonds. The smallest absolute Gasteiger partial charge is 0.122 e. The molecule has 0 spiro atoms. The molecule has 0 unspecified atom stereocenters. The minimum Gasteiger partial charge on any atom is -0.337 e. The molecule has 0 saturated carbocycles. The monoisotopic (exact) mass is 222 g/mol. The van der Waals surface area contributed by atoms with Gasteiger partial charge in [-0.3, -0.25) is 9.88 Å². The Morgan fingerprint density at radius 3 is 2.93 bits per heavy atom. The lowest BCUT2D eigenvalue weighted by Gasteiger charge is -2.14. The van der Waals surface area contributed by atoms with E-state index in [-0.39, 0.29) is 0 Å². The van der Waals surface area contributed by atoms with E-state index in [1.807, 2.05) is 35.7 Å². The molecular weight excluding hydrogens is 208 g/mol. The molecule has 5 heteroatoms. The van der Waals surface area contributed by atoms with Crippen molar-refractivity contribution in [3.63, 3.8) is 0 Å². The number of nitrogens with zero attached hydrogens (tertiary/aromatic N) is 4. The Morgan fingerprint density at radius 2 is 2.33 bits per heavy atom. The third-order valence-corrected chi connectivity index (χ3v) is 3.01. The summed E-state index contributed by atoms with van der Waals surface area (Å²) in [5.74, 6) is 1.09. The first-order valence-corrected chi connectivity index (χ1v) is 5.66. The van der Waals surface area contributed by atoms with E-state index in [9.17, 15) is 0 Å². The molecule has 80 valence electrons. The van der Waals surface area contributed by atoms with Crippen LogP contribution in [0.4, 0.5) is 0 Å². The maximum Gasteiger partial charge on any atom is 0.122 e. The van der Waals surface area contributed by atoms with Crippen LogP contribution in [0, 0.1) is 0 Å². The van der Waals surface area contributed by atoms with Crippen LogP contribution < -0.4 is 0 Å². The second kappa shape index (κ2) is 4.55. The maximum atomic E-state index is 4.29. The molecule has 0 aliphatic rings. The van der Waals surface area contributed by atoms with Gasteiger partial charge >= 0.3 is 0 Å². The van der Waals surface area contributed by atoms with Crippen molar-refractivity contribution < 1.29 is 0 Å². The van der Waals surface area contributed by atoms with Gasteiger partial charge in [0.15, 0.2) is 0 Å². The molecule has 2 heterocycles. The quantitative estimate of drug-likeness (QED) is 0.786. The van der Waals surface area contributed by atoms with Crippen molar-refractivity contribution in [2.24, 2.45) is 7.05 Å². The van der Waals surface area contributed by atoms with E-state index in [4.69, 9.17) is 0 Å². The molecule has 0 aliphatic carbocycles. The summed E-state index contributed by atoms with van der Waals surface area (Å²) < 4.78 is 2.04. The van der Waals surface area contributed by atoms with Crippen LogP contribution >= 0.6 is 11.3 Å². The lowest BCUT2D eigenvalue weighted by Crippen LogP contribution is -2.18. The molecule has 0 radical (unpaired) electrons. The van der Waals surface area contributed by atoms with Gasteiger partial charge in [-0.2, -0.15) is 0 Å². The van der Waals surface area contributed by atoms with Crippen LogP contribution in [0.15, 0.2) is 24.1 Å². The second-order valence-corrected chi connectivity index (χ2v) is 4.57. The molecule has 0 aliphatic heterocycles. The van der Waals surface area contributed by atoms with E-state index in [0.29, 0.717) is 0 Å². The van der Waals surface area contributed by atoms with Crippen LogP contribution in [0.5, 0.6) is 0 Å². The van der Waals surface area contributed by atoms with Crippen LogP contribution in [-0.2, 0) is 20.1 Å². The van der Waals surface area contributed by atoms with Crippen molar-refractivity contribution in [1.29, 1.82) is 0 Å². The van der Waals surface area contributed by atoms with Crippen LogP contribution in [0.2, 0.25) is 0 Å². The number of imidazole rings is 1. The zero-order chi connectivity index (χ0) is 10.7. The molecule has 2 rings (SSSR count). The summed E-state index contributed by atoms with van der Waals surface area (Å²) in [6.45, 7) is 1.79. The molecule has 2 aromatic rings. The van der Waals surface area contributed by atoms with E-state index < -0.39 is 0 Å². The number of aryl methyl sites for hydroxylation is 1. The highest BCUT2D eigenvalue weighted by atomic mass is 32.1. The zero-order valence-electron chi connectivity index (χ0n) is 8.92. The minimum absolute atomic E-state index is 0.862. The summed E-state index contributed by atoms with van der Waals surface area (Å²) in [4.78, 5) is 11.9. The zero-order valence-corrected chi connectivity index (χ0v) is 9.74. The SMILES string of the molecule is CN(Cc1cncs1)Cc1nccn1C. The van der Waals surface area contributed by atoms with E-state index in [2.05, 4.69) is 21.9 Å². The molecule has 0 atom stereocenters. The van der Waals surface area contributed by atoms with E-state index in [1.54, 1.807) is 11.3 Å². The van der Waals surface area contributed by atoms with Gasteiger partial charge in [-0.1, -0.05) is 0 Å². The summed E-state index contributed by atoms with van der Waals surface area (Å²) in [6.07, 6.45) is 5.71. The van der Waals surface area contributed by atoms with Gasteiger partial charge in [0.2, 0.25) is 0 Å². The fourth-order valence-corrected chi connectivity index (χ4v) is 2.11. The van der Waals surface area contributed by atoms with Gasteiger partial charge in [0.05, 0.1) is 12.1 Å². The van der Waals surface area contributed by atoms with Crippen molar-refractivity contribution in [3.05, 3.63) is 34.8 Å². The Hall–Kier alpha value is -1.20. The van der Waals surface area contributed by atoms with Crippen LogP contribution in [0.1, 0.15) is 10.7 Å². The third-order valence-electron chi connectivity index (χ3n) is 2.24. The predicted molar refractivity (Wildman–Crippen MR) is 60.5 cm³/mol. The molecule has 4 nitrogen and oxygen atoms in total. The average molecular weight is 222 g/mol. The number of thiazole rings is 1. The van der Waals surface area contributed by atoms with Gasteiger partial charge in [0.25, 0.3) is 0 Å². The minimum atomic E-state index is 0.862. The molecular formula is C10H14N4S. The summed E-state index contributed by atoms with van der Waals surface area (Å²) >= 11 is 1.69. The number of aromatic nitrogens is 3. The summed E-state index contributed by atoms with van der Waals surface area (Å²) in [6, 6.07) is 0. The van der Waals surface area contributed by atoms with E-state index >= 15 is 0 Å². The summed E-state index contributed by atoms with van der Waals surface area (Å²) in [5, 5.41) is 0. The van der Waals surface area contributed by atoms with Gasteiger partial charge in [0.1, 0.15) is 5.82 Å². The summed E-state index contributed by atoms with van der Waals surface area (Å²) in [7, 11) is 4.11. The largest absolute Gasteiger partial charge is 0.337 e. The van der Waals surface area contributed by atoms with Crippen LogP contribution in [0.25, 0.3) is 0 Å². The van der Waals surface area contributed by atoms with Gasteiger partial charge in [-0.25, -0.2) is 4.98 Å². The van der Waals surface area contributed by atoms with Crippen molar-refractivity contribution >= 4 is 11.3 Å². The third kappa shape index (κ3) is 2.64. The normalized spacial score (nSPS) is 11.1. The fraction of sp³-hybridized carbons (Fsp3) is 0.400. The van der Waals surface area contributed by atoms with Crippen molar-refractivity contribution in [3.8, 4) is 0 Å². The average Bonchev–Trinajstić information content (AvgIpc) is 2.79. The molecule has 0 fully saturated rings. The number of hydrogen-bond donors (Lipinski definition) is 0. The topological polar surface area (TPSA) is 34.0 Å². The number of rotatable bonds is 4. The van der Waals surface area contributed by atoms with Crippen molar-refractivity contribution in [2.45, 2.75) is 13.1 Å². The van der Waals surface area contributed by atoms with Gasteiger partial charge in [-0.05, 0) is 7.05 Å². The van der Waals surface area contributed by atoms with Gasteiger partial charge in [-0.15, -0.1) is 11.3 Å². The van der Waals surface area contributed by atoms with Gasteiger partial charge in [0, 0.05) is 37.1 Å². The molecule has 0 bridgehead atoms. The predicted octanol–water partition coefficient (Wildman–Crippen LogP) is 1.51. The van der Waals surface area contributed by atoms with E-state index in [0.717, 1.165) is 18.9 Å². The number of hydrogen-bond acceptors (Lipinski definition) is 4. The lowest BCUT2D eigenvalue weighted by atomic mass is 10.4. The highest BCUT2D eigenvalue weighted by molar-refractivity contribution is 7.09. The van der Waals surface area contributed by atoms with Crippen molar-refractivity contribution in [2.75, 3.05) is 7.05 Å². The molecule has 0 aromatic carbocycles. The highest BCUT2D eigenvalue weighted by Gasteiger charge is 2.05. The first kappa shape index (κ1) is 10.3. The Bertz CT molecular complexity index is 407. The Kier molecular flexibility index (Phi) is 3.13. The second-order valence-electron chi connectivity index (χ2n) is 3.59. The van der Waals surface area contributed by atoms with Crippen molar-refractivity contribution in [1.82, 2.24) is 19.4 Å². The lowest BCUT2D eigenvalue weighted by molar-refractivity contribution is 0.309. The van der Waals surface area contributed by atoms with Gasteiger partial charge < -0.3 is 4.57 Å². The fourth-order valence-electron chi connectivity index (χ4n) is 1.43. The molecule has 2 aromatic heterocycles. The maximum absolute atomic E-state index is 4.29. The Balaban J connectivity index is 1.93. The summed E-state index contributed by atoms with van der Waals surface area (Å²) in [5.41, 5.74) is 1.87. The highest BCUT2D eigenvalue weighted by Crippen LogP contribution is 2.10. The first-order valence-electron chi connectivity index (χ1n) is 4.78.